The van der Waals surface area contributed by atoms with E-state index in [-0.39, 0.29) is 0 Å². The molecule has 0 fully saturated rings. The van der Waals surface area contributed by atoms with Crippen LogP contribution in [0.2, 0.25) is 0 Å². The van der Waals surface area contributed by atoms with Gasteiger partial charge in [-0.15, -0.1) is 0 Å². The first-order valence-corrected chi connectivity index (χ1v) is 7.40. The Hall–Kier alpha value is -1.07. The van der Waals surface area contributed by atoms with Crippen LogP contribution in [0.3, 0.4) is 0 Å². The Morgan fingerprint density at radius 1 is 1.33 bits per heavy atom. The quantitative estimate of drug-likeness (QED) is 0.581. The largest absolute Gasteiger partial charge is 0.494 e. The zero-order chi connectivity index (χ0) is 13.4. The van der Waals surface area contributed by atoms with Crippen LogP contribution >= 0.6 is 0 Å². The molecule has 0 saturated heterocycles. The molecule has 4 nitrogen and oxygen atoms in total. The lowest BCUT2D eigenvalue weighted by Gasteiger charge is -2.09. The Balaban J connectivity index is 2.63. The fraction of sp³-hybridized carbons (Fsp3) is 0.538. The molecule has 1 atom stereocenters. The lowest BCUT2D eigenvalue weighted by atomic mass is 10.3. The molecular formula is C13H21NO3S. The van der Waals surface area contributed by atoms with Crippen LogP contribution in [0.15, 0.2) is 23.1 Å². The van der Waals surface area contributed by atoms with E-state index in [0.29, 0.717) is 35.3 Å². The van der Waals surface area contributed by atoms with Crippen molar-refractivity contribution in [1.29, 1.82) is 0 Å². The summed E-state index contributed by atoms with van der Waals surface area (Å²) in [4.78, 5) is 0.665. The van der Waals surface area contributed by atoms with Crippen molar-refractivity contribution in [3.05, 3.63) is 18.2 Å². The van der Waals surface area contributed by atoms with E-state index in [0.717, 1.165) is 12.8 Å². The minimum Gasteiger partial charge on any atom is -0.494 e. The van der Waals surface area contributed by atoms with Crippen molar-refractivity contribution in [3.8, 4) is 5.75 Å². The normalized spacial score (nSPS) is 12.3. The molecule has 1 unspecified atom stereocenters. The van der Waals surface area contributed by atoms with Crippen molar-refractivity contribution < 1.29 is 13.7 Å². The Morgan fingerprint density at radius 2 is 2.11 bits per heavy atom. The van der Waals surface area contributed by atoms with Gasteiger partial charge >= 0.3 is 0 Å². The molecule has 0 spiro atoms. The molecule has 0 aliphatic rings. The number of hydrogen-bond donors (Lipinski definition) is 1. The third-order valence-corrected chi connectivity index (χ3v) is 3.97. The third kappa shape index (κ3) is 4.66. The van der Waals surface area contributed by atoms with E-state index in [1.165, 1.54) is 0 Å². The number of benzene rings is 1. The molecule has 1 aromatic rings. The zero-order valence-electron chi connectivity index (χ0n) is 11.0. The minimum absolute atomic E-state index is 0.559. The summed E-state index contributed by atoms with van der Waals surface area (Å²) in [5.41, 5.74) is 6.40. The molecule has 0 aliphatic carbocycles. The van der Waals surface area contributed by atoms with Crippen molar-refractivity contribution in [2.24, 2.45) is 0 Å². The standard InChI is InChI=1S/C13H21NO3S/c1-3-17-11-6-7-12(14)13(10-11)18(15)9-5-4-8-16-2/h6-7,10H,3-5,8-9,14H2,1-2H3. The summed E-state index contributed by atoms with van der Waals surface area (Å²) in [6.07, 6.45) is 1.77. The van der Waals surface area contributed by atoms with Gasteiger partial charge in [-0.1, -0.05) is 0 Å². The smallest absolute Gasteiger partial charge is 0.120 e. The van der Waals surface area contributed by atoms with Crippen molar-refractivity contribution in [2.45, 2.75) is 24.7 Å². The molecule has 18 heavy (non-hydrogen) atoms. The minimum atomic E-state index is -1.07. The van der Waals surface area contributed by atoms with E-state index in [1.807, 2.05) is 6.92 Å². The van der Waals surface area contributed by atoms with Gasteiger partial charge < -0.3 is 15.2 Å². The molecule has 0 bridgehead atoms. The van der Waals surface area contributed by atoms with Gasteiger partial charge in [0.15, 0.2) is 0 Å². The molecule has 0 aliphatic heterocycles. The number of rotatable bonds is 8. The van der Waals surface area contributed by atoms with E-state index < -0.39 is 10.8 Å². The Labute approximate surface area is 111 Å². The zero-order valence-corrected chi connectivity index (χ0v) is 11.8. The van der Waals surface area contributed by atoms with Crippen LogP contribution in [0.1, 0.15) is 19.8 Å². The molecule has 1 aromatic carbocycles. The molecule has 5 heteroatoms. The summed E-state index contributed by atoms with van der Waals surface area (Å²) in [6.45, 7) is 3.20. The number of hydrogen-bond acceptors (Lipinski definition) is 4. The molecule has 2 N–H and O–H groups in total. The maximum atomic E-state index is 12.1. The Bertz CT molecular complexity index is 396. The van der Waals surface area contributed by atoms with Gasteiger partial charge in [0.1, 0.15) is 5.75 Å². The summed E-state index contributed by atoms with van der Waals surface area (Å²) < 4.78 is 22.5. The van der Waals surface area contributed by atoms with Crippen molar-refractivity contribution in [2.75, 3.05) is 31.8 Å². The first kappa shape index (κ1) is 15.0. The van der Waals surface area contributed by atoms with Crippen LogP contribution in [0.25, 0.3) is 0 Å². The fourth-order valence-corrected chi connectivity index (χ4v) is 2.82. The number of anilines is 1. The third-order valence-electron chi connectivity index (χ3n) is 2.47. The van der Waals surface area contributed by atoms with Crippen LogP contribution in [0.4, 0.5) is 5.69 Å². The molecule has 1 rings (SSSR count). The van der Waals surface area contributed by atoms with Gasteiger partial charge in [0.25, 0.3) is 0 Å². The summed E-state index contributed by atoms with van der Waals surface area (Å²) in [5, 5.41) is 0. The summed E-state index contributed by atoms with van der Waals surface area (Å²) >= 11 is 0. The number of methoxy groups -OCH3 is 1. The van der Waals surface area contributed by atoms with Crippen molar-refractivity contribution in [3.63, 3.8) is 0 Å². The molecule has 0 heterocycles. The van der Waals surface area contributed by atoms with Gasteiger partial charge in [-0.25, -0.2) is 0 Å². The highest BCUT2D eigenvalue weighted by Gasteiger charge is 2.09. The Kier molecular flexibility index (Phi) is 6.75. The van der Waals surface area contributed by atoms with Gasteiger partial charge in [-0.2, -0.15) is 0 Å². The molecular weight excluding hydrogens is 250 g/mol. The molecule has 102 valence electrons. The fourth-order valence-electron chi connectivity index (χ4n) is 1.56. The van der Waals surface area contributed by atoms with E-state index in [2.05, 4.69) is 0 Å². The van der Waals surface area contributed by atoms with Crippen molar-refractivity contribution in [1.82, 2.24) is 0 Å². The maximum absolute atomic E-state index is 12.1. The summed E-state index contributed by atoms with van der Waals surface area (Å²) in [7, 11) is 0.594. The maximum Gasteiger partial charge on any atom is 0.120 e. The first-order chi connectivity index (χ1) is 8.69. The van der Waals surface area contributed by atoms with E-state index in [1.54, 1.807) is 25.3 Å². The van der Waals surface area contributed by atoms with Gasteiger partial charge in [-0.05, 0) is 38.0 Å². The number of unbranched alkanes of at least 4 members (excludes halogenated alkanes) is 1. The number of nitrogens with two attached hydrogens (primary N) is 1. The lowest BCUT2D eigenvalue weighted by molar-refractivity contribution is 0.194. The van der Waals surface area contributed by atoms with Gasteiger partial charge in [-0.3, -0.25) is 4.21 Å². The Morgan fingerprint density at radius 3 is 2.78 bits per heavy atom. The van der Waals surface area contributed by atoms with E-state index >= 15 is 0 Å². The van der Waals surface area contributed by atoms with Crippen LogP contribution in [-0.2, 0) is 15.5 Å². The van der Waals surface area contributed by atoms with Crippen LogP contribution in [0.5, 0.6) is 5.75 Å². The predicted octanol–water partition coefficient (Wildman–Crippen LogP) is 2.20. The lowest BCUT2D eigenvalue weighted by Crippen LogP contribution is -2.04. The van der Waals surface area contributed by atoms with Crippen LogP contribution < -0.4 is 10.5 Å². The highest BCUT2D eigenvalue weighted by molar-refractivity contribution is 7.85. The predicted molar refractivity (Wildman–Crippen MR) is 74.4 cm³/mol. The SMILES string of the molecule is CCOc1ccc(N)c(S(=O)CCCCOC)c1. The van der Waals surface area contributed by atoms with E-state index in [9.17, 15) is 4.21 Å². The monoisotopic (exact) mass is 271 g/mol. The molecule has 0 saturated carbocycles. The van der Waals surface area contributed by atoms with Crippen LogP contribution in [0, 0.1) is 0 Å². The second-order valence-electron chi connectivity index (χ2n) is 3.88. The highest BCUT2D eigenvalue weighted by Crippen LogP contribution is 2.23. The van der Waals surface area contributed by atoms with Gasteiger partial charge in [0, 0.05) is 25.2 Å². The van der Waals surface area contributed by atoms with Crippen molar-refractivity contribution >= 4 is 16.5 Å². The summed E-state index contributed by atoms with van der Waals surface area (Å²) in [5.74, 6) is 1.32. The van der Waals surface area contributed by atoms with Gasteiger partial charge in [0.2, 0.25) is 0 Å². The molecule has 0 amide bonds. The molecule has 0 radical (unpaired) electrons. The second-order valence-corrected chi connectivity index (χ2v) is 5.42. The van der Waals surface area contributed by atoms with Crippen LogP contribution in [-0.4, -0.2) is 30.3 Å². The van der Waals surface area contributed by atoms with E-state index in [4.69, 9.17) is 15.2 Å². The summed E-state index contributed by atoms with van der Waals surface area (Å²) in [6, 6.07) is 5.31. The first-order valence-electron chi connectivity index (χ1n) is 6.08. The average Bonchev–Trinajstić information content (AvgIpc) is 2.37. The number of nitrogen functional groups attached to an aromatic ring is 1. The topological polar surface area (TPSA) is 61.5 Å². The van der Waals surface area contributed by atoms with Gasteiger partial charge in [0.05, 0.1) is 22.3 Å². The average molecular weight is 271 g/mol. The number of ether oxygens (including phenoxy) is 2. The second kappa shape index (κ2) is 8.11. The highest BCUT2D eigenvalue weighted by atomic mass is 32.2. The molecule has 0 aromatic heterocycles.